The standard InChI is InChI=1S/C14H19NO5/c16-13(8-5-7-1-2-11(8)20-7)15-9-3-4-19-12(9)6-10(15)14(17)18/h7-12H,1-6H2,(H,17,18)/t7-,8-,9+,10+,11+,12+/m1/s1. The van der Waals surface area contributed by atoms with Crippen LogP contribution in [0.15, 0.2) is 0 Å². The third-order valence-electron chi connectivity index (χ3n) is 5.29. The fourth-order valence-electron chi connectivity index (χ4n) is 4.37. The second-order valence-electron chi connectivity index (χ2n) is 6.32. The maximum atomic E-state index is 12.8. The average molecular weight is 281 g/mol. The van der Waals surface area contributed by atoms with Gasteiger partial charge in [0.05, 0.1) is 30.3 Å². The van der Waals surface area contributed by atoms with Crippen molar-refractivity contribution < 1.29 is 24.2 Å². The largest absolute Gasteiger partial charge is 0.480 e. The van der Waals surface area contributed by atoms with E-state index in [0.29, 0.717) is 13.0 Å². The molecule has 6 atom stereocenters. The van der Waals surface area contributed by atoms with Crippen LogP contribution in [0.3, 0.4) is 0 Å². The molecule has 0 radical (unpaired) electrons. The van der Waals surface area contributed by atoms with Crippen LogP contribution in [0.25, 0.3) is 0 Å². The van der Waals surface area contributed by atoms with Crippen LogP contribution in [0.2, 0.25) is 0 Å². The number of carboxylic acids is 1. The molecule has 4 fully saturated rings. The highest BCUT2D eigenvalue weighted by molar-refractivity contribution is 5.87. The van der Waals surface area contributed by atoms with Crippen LogP contribution in [0, 0.1) is 5.92 Å². The van der Waals surface area contributed by atoms with Gasteiger partial charge in [0.1, 0.15) is 6.04 Å². The molecule has 0 spiro atoms. The van der Waals surface area contributed by atoms with E-state index in [2.05, 4.69) is 0 Å². The number of likely N-dealkylation sites (tertiary alicyclic amines) is 1. The van der Waals surface area contributed by atoms with Crippen molar-refractivity contribution in [2.24, 2.45) is 5.92 Å². The summed E-state index contributed by atoms with van der Waals surface area (Å²) >= 11 is 0. The Morgan fingerprint density at radius 1 is 1.10 bits per heavy atom. The Labute approximate surface area is 117 Å². The number of nitrogens with zero attached hydrogens (tertiary/aromatic N) is 1. The van der Waals surface area contributed by atoms with Crippen molar-refractivity contribution in [1.29, 1.82) is 0 Å². The van der Waals surface area contributed by atoms with E-state index in [1.165, 1.54) is 0 Å². The highest BCUT2D eigenvalue weighted by atomic mass is 16.5. The van der Waals surface area contributed by atoms with Gasteiger partial charge < -0.3 is 19.5 Å². The lowest BCUT2D eigenvalue weighted by molar-refractivity contribution is -0.152. The van der Waals surface area contributed by atoms with Crippen molar-refractivity contribution in [3.05, 3.63) is 0 Å². The molecular weight excluding hydrogens is 262 g/mol. The first-order valence-corrected chi connectivity index (χ1v) is 7.47. The third kappa shape index (κ3) is 1.71. The maximum Gasteiger partial charge on any atom is 0.326 e. The summed E-state index contributed by atoms with van der Waals surface area (Å²) in [7, 11) is 0. The second kappa shape index (κ2) is 4.43. The molecule has 0 saturated carbocycles. The molecule has 0 aliphatic carbocycles. The summed E-state index contributed by atoms with van der Waals surface area (Å²) in [4.78, 5) is 25.9. The fraction of sp³-hybridized carbons (Fsp3) is 0.857. The summed E-state index contributed by atoms with van der Waals surface area (Å²) in [5.74, 6) is -1.09. The molecule has 6 nitrogen and oxygen atoms in total. The van der Waals surface area contributed by atoms with Gasteiger partial charge in [0.15, 0.2) is 0 Å². The summed E-state index contributed by atoms with van der Waals surface area (Å²) in [6.07, 6.45) is 4.00. The van der Waals surface area contributed by atoms with Crippen molar-refractivity contribution in [3.8, 4) is 0 Å². The molecule has 1 amide bonds. The lowest BCUT2D eigenvalue weighted by Gasteiger charge is -2.31. The zero-order chi connectivity index (χ0) is 13.9. The van der Waals surface area contributed by atoms with Crippen LogP contribution in [0.5, 0.6) is 0 Å². The zero-order valence-corrected chi connectivity index (χ0v) is 11.2. The number of hydrogen-bond acceptors (Lipinski definition) is 4. The normalized spacial score (nSPS) is 45.9. The van der Waals surface area contributed by atoms with Crippen LogP contribution in [-0.2, 0) is 19.1 Å². The van der Waals surface area contributed by atoms with Gasteiger partial charge in [-0.05, 0) is 25.7 Å². The van der Waals surface area contributed by atoms with Crippen molar-refractivity contribution in [2.45, 2.75) is 62.5 Å². The van der Waals surface area contributed by atoms with E-state index >= 15 is 0 Å². The van der Waals surface area contributed by atoms with Gasteiger partial charge in [0, 0.05) is 13.0 Å². The number of ether oxygens (including phenoxy) is 2. The molecule has 2 bridgehead atoms. The predicted octanol–water partition coefficient (Wildman–Crippen LogP) is 0.397. The molecule has 0 aromatic heterocycles. The summed E-state index contributed by atoms with van der Waals surface area (Å²) < 4.78 is 11.3. The van der Waals surface area contributed by atoms with E-state index < -0.39 is 12.0 Å². The molecule has 6 heteroatoms. The summed E-state index contributed by atoms with van der Waals surface area (Å²) in [5.41, 5.74) is 0. The van der Waals surface area contributed by atoms with Crippen LogP contribution in [0.4, 0.5) is 0 Å². The fourth-order valence-corrected chi connectivity index (χ4v) is 4.37. The Kier molecular flexibility index (Phi) is 2.79. The SMILES string of the molecule is O=C(O)[C@@H]1C[C@@H]2OCC[C@@H]2N1C(=O)[C@@H]1C[C@H]2CC[C@@H]1O2. The molecular formula is C14H19NO5. The highest BCUT2D eigenvalue weighted by Gasteiger charge is 2.54. The van der Waals surface area contributed by atoms with Gasteiger partial charge in [-0.15, -0.1) is 0 Å². The number of amides is 1. The summed E-state index contributed by atoms with van der Waals surface area (Å²) in [6, 6.07) is -0.778. The topological polar surface area (TPSA) is 76.1 Å². The second-order valence-corrected chi connectivity index (χ2v) is 6.32. The average Bonchev–Trinajstić information content (AvgIpc) is 3.16. The molecule has 4 heterocycles. The monoisotopic (exact) mass is 281 g/mol. The Morgan fingerprint density at radius 2 is 1.95 bits per heavy atom. The van der Waals surface area contributed by atoms with Crippen LogP contribution in [0.1, 0.15) is 32.1 Å². The highest BCUT2D eigenvalue weighted by Crippen LogP contribution is 2.42. The molecule has 0 aromatic carbocycles. The number of carboxylic acid groups (broad SMARTS) is 1. The van der Waals surface area contributed by atoms with Crippen LogP contribution < -0.4 is 0 Å². The van der Waals surface area contributed by atoms with E-state index in [-0.39, 0.29) is 36.2 Å². The molecule has 4 aliphatic rings. The van der Waals surface area contributed by atoms with Crippen molar-refractivity contribution in [1.82, 2.24) is 4.90 Å². The van der Waals surface area contributed by atoms with Crippen molar-refractivity contribution >= 4 is 11.9 Å². The number of carbonyl (C=O) groups excluding carboxylic acids is 1. The van der Waals surface area contributed by atoms with E-state index in [9.17, 15) is 14.7 Å². The molecule has 4 rings (SSSR count). The Balaban J connectivity index is 1.58. The van der Waals surface area contributed by atoms with Gasteiger partial charge >= 0.3 is 5.97 Å². The zero-order valence-electron chi connectivity index (χ0n) is 11.2. The quantitative estimate of drug-likeness (QED) is 0.792. The molecule has 110 valence electrons. The first kappa shape index (κ1) is 12.6. The minimum atomic E-state index is -0.916. The molecule has 4 aliphatic heterocycles. The molecule has 0 unspecified atom stereocenters. The van der Waals surface area contributed by atoms with Crippen LogP contribution >= 0.6 is 0 Å². The minimum Gasteiger partial charge on any atom is -0.480 e. The summed E-state index contributed by atoms with van der Waals surface area (Å²) in [5, 5.41) is 9.38. The third-order valence-corrected chi connectivity index (χ3v) is 5.29. The predicted molar refractivity (Wildman–Crippen MR) is 67.0 cm³/mol. The molecule has 0 aromatic rings. The first-order chi connectivity index (χ1) is 9.65. The van der Waals surface area contributed by atoms with Gasteiger partial charge in [0.2, 0.25) is 5.91 Å². The lowest BCUT2D eigenvalue weighted by Crippen LogP contribution is -2.49. The number of hydrogen-bond donors (Lipinski definition) is 1. The molecule has 1 N–H and O–H groups in total. The number of rotatable bonds is 2. The Morgan fingerprint density at radius 3 is 2.60 bits per heavy atom. The van der Waals surface area contributed by atoms with Crippen LogP contribution in [-0.4, -0.2) is 58.9 Å². The number of fused-ring (bicyclic) bond motifs is 3. The van der Waals surface area contributed by atoms with Crippen molar-refractivity contribution in [3.63, 3.8) is 0 Å². The molecule has 20 heavy (non-hydrogen) atoms. The number of carbonyl (C=O) groups is 2. The van der Waals surface area contributed by atoms with E-state index in [0.717, 1.165) is 25.7 Å². The number of aliphatic carboxylic acids is 1. The van der Waals surface area contributed by atoms with E-state index in [4.69, 9.17) is 9.47 Å². The first-order valence-electron chi connectivity index (χ1n) is 7.47. The molecule has 4 saturated heterocycles. The minimum absolute atomic E-state index is 0.00307. The smallest absolute Gasteiger partial charge is 0.326 e. The van der Waals surface area contributed by atoms with Gasteiger partial charge in [-0.25, -0.2) is 4.79 Å². The van der Waals surface area contributed by atoms with E-state index in [1.807, 2.05) is 0 Å². The van der Waals surface area contributed by atoms with E-state index in [1.54, 1.807) is 4.90 Å². The lowest BCUT2D eigenvalue weighted by atomic mass is 9.87. The van der Waals surface area contributed by atoms with Crippen molar-refractivity contribution in [2.75, 3.05) is 6.61 Å². The Hall–Kier alpha value is -1.14. The summed E-state index contributed by atoms with van der Waals surface area (Å²) in [6.45, 7) is 0.624. The van der Waals surface area contributed by atoms with Gasteiger partial charge in [-0.1, -0.05) is 0 Å². The maximum absolute atomic E-state index is 12.8. The van der Waals surface area contributed by atoms with Gasteiger partial charge in [-0.3, -0.25) is 4.79 Å². The Bertz CT molecular complexity index is 453. The van der Waals surface area contributed by atoms with Gasteiger partial charge in [-0.2, -0.15) is 0 Å². The van der Waals surface area contributed by atoms with Gasteiger partial charge in [0.25, 0.3) is 0 Å².